The minimum absolute atomic E-state index is 0.0536. The molecular weight excluding hydrogens is 336 g/mol. The van der Waals surface area contributed by atoms with E-state index in [0.717, 1.165) is 19.4 Å². The van der Waals surface area contributed by atoms with Gasteiger partial charge in [-0.3, -0.25) is 9.59 Å². The zero-order valence-electron chi connectivity index (χ0n) is 14.7. The molecule has 0 saturated carbocycles. The Balaban J connectivity index is 1.43. The fourth-order valence-electron chi connectivity index (χ4n) is 4.41. The number of aryl methyl sites for hydroxylation is 1. The van der Waals surface area contributed by atoms with Crippen molar-refractivity contribution in [3.63, 3.8) is 0 Å². The van der Waals surface area contributed by atoms with Crippen LogP contribution in [-0.2, 0) is 20.7 Å². The second-order valence-electron chi connectivity index (χ2n) is 7.23. The van der Waals surface area contributed by atoms with Gasteiger partial charge in [0.25, 0.3) is 0 Å². The summed E-state index contributed by atoms with van der Waals surface area (Å²) in [5, 5.41) is 5.11. The van der Waals surface area contributed by atoms with Crippen LogP contribution in [0.5, 0.6) is 0 Å². The molecule has 1 aromatic heterocycles. The molecule has 2 fully saturated rings. The molecule has 3 aliphatic heterocycles. The molecule has 1 N–H and O–H groups in total. The molecule has 0 aromatic carbocycles. The van der Waals surface area contributed by atoms with Gasteiger partial charge in [0.1, 0.15) is 5.60 Å². The van der Waals surface area contributed by atoms with E-state index in [1.54, 1.807) is 11.3 Å². The van der Waals surface area contributed by atoms with Gasteiger partial charge in [0.05, 0.1) is 24.5 Å². The Morgan fingerprint density at radius 1 is 1.52 bits per heavy atom. The minimum Gasteiger partial charge on any atom is -0.360 e. The molecular formula is C19H24N2O3S. The summed E-state index contributed by atoms with van der Waals surface area (Å²) in [6, 6.07) is 2.10. The van der Waals surface area contributed by atoms with E-state index < -0.39 is 11.5 Å². The molecule has 1 aromatic rings. The van der Waals surface area contributed by atoms with Gasteiger partial charge in [0.15, 0.2) is 0 Å². The van der Waals surface area contributed by atoms with Gasteiger partial charge in [0.2, 0.25) is 11.8 Å². The summed E-state index contributed by atoms with van der Waals surface area (Å²) in [6.45, 7) is 6.05. The first-order valence-electron chi connectivity index (χ1n) is 9.02. The quantitative estimate of drug-likeness (QED) is 0.789. The van der Waals surface area contributed by atoms with Crippen LogP contribution in [0.4, 0.5) is 0 Å². The molecule has 4 unspecified atom stereocenters. The molecule has 0 radical (unpaired) electrons. The molecule has 2 amide bonds. The summed E-state index contributed by atoms with van der Waals surface area (Å²) in [4.78, 5) is 28.8. The highest BCUT2D eigenvalue weighted by atomic mass is 32.1. The second-order valence-corrected chi connectivity index (χ2v) is 8.23. The molecule has 2 saturated heterocycles. The Labute approximate surface area is 152 Å². The molecule has 25 heavy (non-hydrogen) atoms. The number of thiophene rings is 1. The highest BCUT2D eigenvalue weighted by Crippen LogP contribution is 2.51. The van der Waals surface area contributed by atoms with Crippen LogP contribution in [0.2, 0.25) is 0 Å². The lowest BCUT2D eigenvalue weighted by molar-refractivity contribution is -0.137. The van der Waals surface area contributed by atoms with Crippen LogP contribution in [-0.4, -0.2) is 48.1 Å². The highest BCUT2D eigenvalue weighted by Gasteiger charge is 2.66. The number of nitrogens with one attached hydrogen (secondary N) is 1. The number of hydrogen-bond donors (Lipinski definition) is 1. The third-order valence-electron chi connectivity index (χ3n) is 5.59. The highest BCUT2D eigenvalue weighted by molar-refractivity contribution is 7.10. The summed E-state index contributed by atoms with van der Waals surface area (Å²) in [5.41, 5.74) is 0.689. The van der Waals surface area contributed by atoms with Gasteiger partial charge in [-0.2, -0.15) is 0 Å². The Kier molecular flexibility index (Phi) is 4.20. The van der Waals surface area contributed by atoms with E-state index in [1.165, 1.54) is 10.4 Å². The molecule has 2 bridgehead atoms. The van der Waals surface area contributed by atoms with Crippen molar-refractivity contribution in [2.45, 2.75) is 38.4 Å². The Bertz CT molecular complexity index is 728. The molecule has 4 rings (SSSR count). The fraction of sp³-hybridized carbons (Fsp3) is 0.579. The number of carbonyl (C=O) groups is 2. The van der Waals surface area contributed by atoms with Crippen molar-refractivity contribution in [1.82, 2.24) is 10.2 Å². The van der Waals surface area contributed by atoms with Crippen LogP contribution in [0.3, 0.4) is 0 Å². The normalized spacial score (nSPS) is 32.5. The smallest absolute Gasteiger partial charge is 0.230 e. The third kappa shape index (κ3) is 2.62. The lowest BCUT2D eigenvalue weighted by atomic mass is 9.77. The van der Waals surface area contributed by atoms with Gasteiger partial charge in [0, 0.05) is 18.0 Å². The van der Waals surface area contributed by atoms with Crippen molar-refractivity contribution < 1.29 is 14.3 Å². The van der Waals surface area contributed by atoms with Crippen LogP contribution in [0, 0.1) is 18.8 Å². The standard InChI is InChI=1S/C19H24N2O3S/c1-3-9-21-11-19-7-4-13(24-19)15(16(19)18(21)23)17(22)20-8-5-14-12(2)6-10-25-14/h4,6-7,10,13,15-16H,3,5,8-9,11H2,1-2H3,(H,20,22). The molecule has 0 aliphatic carbocycles. The van der Waals surface area contributed by atoms with Crippen LogP contribution in [0.25, 0.3) is 0 Å². The van der Waals surface area contributed by atoms with E-state index >= 15 is 0 Å². The number of nitrogens with zero attached hydrogens (tertiary/aromatic N) is 1. The van der Waals surface area contributed by atoms with Crippen LogP contribution >= 0.6 is 11.3 Å². The van der Waals surface area contributed by atoms with E-state index in [1.807, 2.05) is 17.1 Å². The first-order chi connectivity index (χ1) is 12.1. The Morgan fingerprint density at radius 2 is 2.36 bits per heavy atom. The zero-order chi connectivity index (χ0) is 17.6. The van der Waals surface area contributed by atoms with E-state index in [2.05, 4.69) is 30.6 Å². The third-order valence-corrected chi connectivity index (χ3v) is 6.68. The summed E-state index contributed by atoms with van der Waals surface area (Å²) < 4.78 is 6.10. The number of fused-ring (bicyclic) bond motifs is 1. The number of amides is 2. The lowest BCUT2D eigenvalue weighted by Gasteiger charge is -2.23. The first kappa shape index (κ1) is 16.8. The predicted octanol–water partition coefficient (Wildman–Crippen LogP) is 1.91. The van der Waals surface area contributed by atoms with Crippen molar-refractivity contribution in [3.05, 3.63) is 34.0 Å². The summed E-state index contributed by atoms with van der Waals surface area (Å²) in [7, 11) is 0. The monoisotopic (exact) mass is 360 g/mol. The predicted molar refractivity (Wildman–Crippen MR) is 96.4 cm³/mol. The number of likely N-dealkylation sites (tertiary alicyclic amines) is 1. The Hall–Kier alpha value is -1.66. The number of hydrogen-bond acceptors (Lipinski definition) is 4. The summed E-state index contributed by atoms with van der Waals surface area (Å²) in [6.07, 6.45) is 5.45. The largest absolute Gasteiger partial charge is 0.360 e. The van der Waals surface area contributed by atoms with Gasteiger partial charge in [-0.25, -0.2) is 0 Å². The van der Waals surface area contributed by atoms with Crippen LogP contribution < -0.4 is 5.32 Å². The molecule has 4 heterocycles. The van der Waals surface area contributed by atoms with E-state index in [0.29, 0.717) is 13.1 Å². The maximum atomic E-state index is 12.8. The summed E-state index contributed by atoms with van der Waals surface area (Å²) >= 11 is 1.72. The molecule has 5 nitrogen and oxygen atoms in total. The van der Waals surface area contributed by atoms with E-state index in [4.69, 9.17) is 4.74 Å². The van der Waals surface area contributed by atoms with Crippen LogP contribution in [0.15, 0.2) is 23.6 Å². The van der Waals surface area contributed by atoms with E-state index in [-0.39, 0.29) is 23.8 Å². The van der Waals surface area contributed by atoms with Gasteiger partial charge in [-0.15, -0.1) is 11.3 Å². The average molecular weight is 360 g/mol. The van der Waals surface area contributed by atoms with Gasteiger partial charge in [-0.1, -0.05) is 19.1 Å². The molecule has 4 atom stereocenters. The topological polar surface area (TPSA) is 58.6 Å². The van der Waals surface area contributed by atoms with E-state index in [9.17, 15) is 9.59 Å². The van der Waals surface area contributed by atoms with Crippen molar-refractivity contribution in [2.75, 3.05) is 19.6 Å². The molecule has 134 valence electrons. The van der Waals surface area contributed by atoms with Gasteiger partial charge < -0.3 is 15.0 Å². The summed E-state index contributed by atoms with van der Waals surface area (Å²) in [5.74, 6) is -0.744. The van der Waals surface area contributed by atoms with Gasteiger partial charge >= 0.3 is 0 Å². The molecule has 6 heteroatoms. The first-order valence-corrected chi connectivity index (χ1v) is 9.90. The average Bonchev–Trinajstić information content (AvgIpc) is 3.31. The fourth-order valence-corrected chi connectivity index (χ4v) is 5.32. The number of ether oxygens (including phenoxy) is 1. The number of carbonyl (C=O) groups excluding carboxylic acids is 2. The minimum atomic E-state index is -0.580. The SMILES string of the molecule is CCCN1CC23C=CC(O2)C(C(=O)NCCc2sccc2C)C3C1=O. The maximum absolute atomic E-state index is 12.8. The van der Waals surface area contributed by atoms with Crippen molar-refractivity contribution in [1.29, 1.82) is 0 Å². The van der Waals surface area contributed by atoms with Crippen molar-refractivity contribution in [2.24, 2.45) is 11.8 Å². The Morgan fingerprint density at radius 3 is 3.08 bits per heavy atom. The van der Waals surface area contributed by atoms with Gasteiger partial charge in [-0.05, 0) is 36.8 Å². The molecule has 3 aliphatic rings. The number of rotatable bonds is 6. The van der Waals surface area contributed by atoms with Crippen molar-refractivity contribution >= 4 is 23.2 Å². The second kappa shape index (κ2) is 6.25. The molecule has 1 spiro atoms. The van der Waals surface area contributed by atoms with Crippen LogP contribution in [0.1, 0.15) is 23.8 Å². The zero-order valence-corrected chi connectivity index (χ0v) is 15.5. The van der Waals surface area contributed by atoms with Crippen molar-refractivity contribution in [3.8, 4) is 0 Å². The lowest BCUT2D eigenvalue weighted by Crippen LogP contribution is -2.44. The maximum Gasteiger partial charge on any atom is 0.230 e.